The summed E-state index contributed by atoms with van der Waals surface area (Å²) in [6, 6.07) is 2.99. The van der Waals surface area contributed by atoms with E-state index in [1.165, 1.54) is 13.2 Å². The van der Waals surface area contributed by atoms with E-state index in [1.807, 2.05) is 0 Å². The molecule has 1 aromatic rings. The minimum Gasteiger partial charge on any atom is -0.504 e. The fourth-order valence-electron chi connectivity index (χ4n) is 2.36. The molecule has 1 unspecified atom stereocenters. The molecule has 1 aliphatic rings. The van der Waals surface area contributed by atoms with E-state index in [0.717, 1.165) is 37.9 Å². The lowest BCUT2D eigenvalue weighted by Crippen LogP contribution is -2.30. The summed E-state index contributed by atoms with van der Waals surface area (Å²) in [5.41, 5.74) is 0.761. The van der Waals surface area contributed by atoms with Crippen molar-refractivity contribution in [3.05, 3.63) is 23.5 Å². The Morgan fingerprint density at radius 3 is 3.00 bits per heavy atom. The largest absolute Gasteiger partial charge is 0.504 e. The summed E-state index contributed by atoms with van der Waals surface area (Å²) in [5, 5.41) is 13.2. The van der Waals surface area contributed by atoms with E-state index in [2.05, 4.69) is 5.32 Å². The molecule has 1 aromatic carbocycles. The highest BCUT2D eigenvalue weighted by Gasteiger charge is 2.18. The number of rotatable bonds is 3. The van der Waals surface area contributed by atoms with Crippen LogP contribution >= 0.6 is 0 Å². The first-order valence-corrected chi connectivity index (χ1v) is 5.97. The van der Waals surface area contributed by atoms with Crippen molar-refractivity contribution in [1.82, 2.24) is 5.32 Å². The van der Waals surface area contributed by atoms with Gasteiger partial charge < -0.3 is 15.2 Å². The summed E-state index contributed by atoms with van der Waals surface area (Å²) >= 11 is 0. The smallest absolute Gasteiger partial charge is 0.196 e. The molecule has 1 saturated heterocycles. The van der Waals surface area contributed by atoms with Crippen LogP contribution in [-0.4, -0.2) is 25.3 Å². The molecule has 2 rings (SSSR count). The second-order valence-corrected chi connectivity index (χ2v) is 4.50. The standard InChI is InChI=1S/C13H18FNO2/c1-17-13-11(14)5-4-10(12(13)16)7-9-3-2-6-15-8-9/h4-5,9,15-16H,2-3,6-8H2,1H3. The number of methoxy groups -OCH3 is 1. The van der Waals surface area contributed by atoms with Crippen LogP contribution in [0.2, 0.25) is 0 Å². The van der Waals surface area contributed by atoms with Crippen molar-refractivity contribution in [3.63, 3.8) is 0 Å². The monoisotopic (exact) mass is 239 g/mol. The maximum Gasteiger partial charge on any atom is 0.196 e. The maximum absolute atomic E-state index is 13.3. The van der Waals surface area contributed by atoms with Crippen molar-refractivity contribution in [2.45, 2.75) is 19.3 Å². The maximum atomic E-state index is 13.3. The minimum atomic E-state index is -0.518. The molecule has 0 radical (unpaired) electrons. The Hall–Kier alpha value is -1.29. The molecule has 0 bridgehead atoms. The summed E-state index contributed by atoms with van der Waals surface area (Å²) in [4.78, 5) is 0. The highest BCUT2D eigenvalue weighted by Crippen LogP contribution is 2.34. The topological polar surface area (TPSA) is 41.5 Å². The molecular formula is C13H18FNO2. The van der Waals surface area contributed by atoms with E-state index in [0.29, 0.717) is 5.92 Å². The zero-order chi connectivity index (χ0) is 12.3. The Morgan fingerprint density at radius 2 is 2.35 bits per heavy atom. The Balaban J connectivity index is 2.15. The van der Waals surface area contributed by atoms with Crippen LogP contribution in [0.5, 0.6) is 11.5 Å². The van der Waals surface area contributed by atoms with Crippen LogP contribution in [-0.2, 0) is 6.42 Å². The first-order valence-electron chi connectivity index (χ1n) is 5.97. The molecular weight excluding hydrogens is 221 g/mol. The predicted molar refractivity (Wildman–Crippen MR) is 63.9 cm³/mol. The van der Waals surface area contributed by atoms with Gasteiger partial charge in [0, 0.05) is 0 Å². The van der Waals surface area contributed by atoms with E-state index >= 15 is 0 Å². The number of hydrogen-bond donors (Lipinski definition) is 2. The van der Waals surface area contributed by atoms with Gasteiger partial charge in [-0.25, -0.2) is 4.39 Å². The van der Waals surface area contributed by atoms with E-state index in [-0.39, 0.29) is 11.5 Å². The molecule has 1 aliphatic heterocycles. The lowest BCUT2D eigenvalue weighted by atomic mass is 9.92. The summed E-state index contributed by atoms with van der Waals surface area (Å²) < 4.78 is 18.2. The van der Waals surface area contributed by atoms with Gasteiger partial charge in [-0.1, -0.05) is 6.07 Å². The van der Waals surface area contributed by atoms with E-state index in [4.69, 9.17) is 4.74 Å². The summed E-state index contributed by atoms with van der Waals surface area (Å²) in [6.07, 6.45) is 3.06. The third-order valence-electron chi connectivity index (χ3n) is 3.28. The second kappa shape index (κ2) is 5.36. The Kier molecular flexibility index (Phi) is 3.84. The Bertz CT molecular complexity index is 389. The molecule has 0 aliphatic carbocycles. The lowest BCUT2D eigenvalue weighted by Gasteiger charge is -2.23. The van der Waals surface area contributed by atoms with Crippen molar-refractivity contribution in [3.8, 4) is 11.5 Å². The highest BCUT2D eigenvalue weighted by atomic mass is 19.1. The predicted octanol–water partition coefficient (Wildman–Crippen LogP) is 2.08. The number of ether oxygens (including phenoxy) is 1. The second-order valence-electron chi connectivity index (χ2n) is 4.50. The van der Waals surface area contributed by atoms with Gasteiger partial charge in [0.1, 0.15) is 0 Å². The van der Waals surface area contributed by atoms with Crippen molar-refractivity contribution in [1.29, 1.82) is 0 Å². The van der Waals surface area contributed by atoms with Gasteiger partial charge in [0.25, 0.3) is 0 Å². The summed E-state index contributed by atoms with van der Waals surface area (Å²) in [5.74, 6) is -0.121. The molecule has 1 atom stereocenters. The molecule has 3 nitrogen and oxygen atoms in total. The number of hydrogen-bond acceptors (Lipinski definition) is 3. The van der Waals surface area contributed by atoms with Gasteiger partial charge in [0.05, 0.1) is 7.11 Å². The average Bonchev–Trinajstić information content (AvgIpc) is 2.35. The number of nitrogens with one attached hydrogen (secondary N) is 1. The van der Waals surface area contributed by atoms with Crippen LogP contribution in [0.25, 0.3) is 0 Å². The third kappa shape index (κ3) is 2.69. The molecule has 0 amide bonds. The number of phenols is 1. The molecule has 2 N–H and O–H groups in total. The van der Waals surface area contributed by atoms with Gasteiger partial charge in [-0.05, 0) is 49.9 Å². The highest BCUT2D eigenvalue weighted by molar-refractivity contribution is 5.46. The fourth-order valence-corrected chi connectivity index (χ4v) is 2.36. The van der Waals surface area contributed by atoms with Gasteiger partial charge in [0.2, 0.25) is 0 Å². The van der Waals surface area contributed by atoms with Gasteiger partial charge in [-0.3, -0.25) is 0 Å². The molecule has 0 spiro atoms. The molecule has 1 heterocycles. The minimum absolute atomic E-state index is 0.0498. The molecule has 0 aromatic heterocycles. The molecule has 1 fully saturated rings. The van der Waals surface area contributed by atoms with Crippen LogP contribution in [0.1, 0.15) is 18.4 Å². The zero-order valence-electron chi connectivity index (χ0n) is 10.0. The SMILES string of the molecule is COc1c(F)ccc(CC2CCCNC2)c1O. The van der Waals surface area contributed by atoms with Crippen LogP contribution < -0.4 is 10.1 Å². The van der Waals surface area contributed by atoms with E-state index < -0.39 is 5.82 Å². The van der Waals surface area contributed by atoms with Gasteiger partial charge in [-0.15, -0.1) is 0 Å². The quantitative estimate of drug-likeness (QED) is 0.848. The average molecular weight is 239 g/mol. The molecule has 94 valence electrons. The third-order valence-corrected chi connectivity index (χ3v) is 3.28. The number of aromatic hydroxyl groups is 1. The molecule has 0 saturated carbocycles. The van der Waals surface area contributed by atoms with E-state index in [9.17, 15) is 9.50 Å². The first-order chi connectivity index (χ1) is 8.22. The normalized spacial score (nSPS) is 20.2. The number of piperidine rings is 1. The number of phenolic OH excluding ortho intramolecular Hbond substituents is 1. The first kappa shape index (κ1) is 12.2. The van der Waals surface area contributed by atoms with Crippen LogP contribution in [0, 0.1) is 11.7 Å². The lowest BCUT2D eigenvalue weighted by molar-refractivity contribution is 0.340. The van der Waals surface area contributed by atoms with Gasteiger partial charge in [-0.2, -0.15) is 0 Å². The fraction of sp³-hybridized carbons (Fsp3) is 0.538. The van der Waals surface area contributed by atoms with Crippen LogP contribution in [0.4, 0.5) is 4.39 Å². The van der Waals surface area contributed by atoms with Crippen molar-refractivity contribution >= 4 is 0 Å². The van der Waals surface area contributed by atoms with Crippen molar-refractivity contribution in [2.24, 2.45) is 5.92 Å². The van der Waals surface area contributed by atoms with Crippen LogP contribution in [0.3, 0.4) is 0 Å². The van der Waals surface area contributed by atoms with Gasteiger partial charge in [0.15, 0.2) is 17.3 Å². The van der Waals surface area contributed by atoms with E-state index in [1.54, 1.807) is 6.07 Å². The zero-order valence-corrected chi connectivity index (χ0v) is 10.0. The molecule has 4 heteroatoms. The van der Waals surface area contributed by atoms with Crippen molar-refractivity contribution < 1.29 is 14.2 Å². The number of benzene rings is 1. The summed E-state index contributed by atoms with van der Waals surface area (Å²) in [7, 11) is 1.37. The molecule has 17 heavy (non-hydrogen) atoms. The Morgan fingerprint density at radius 1 is 1.53 bits per heavy atom. The van der Waals surface area contributed by atoms with Gasteiger partial charge >= 0.3 is 0 Å². The van der Waals surface area contributed by atoms with Crippen LogP contribution in [0.15, 0.2) is 12.1 Å². The van der Waals surface area contributed by atoms with Crippen molar-refractivity contribution in [2.75, 3.05) is 20.2 Å². The number of halogens is 1. The summed E-state index contributed by atoms with van der Waals surface area (Å²) in [6.45, 7) is 2.02. The Labute approximate surface area is 101 Å².